The molecule has 2 aliphatic rings. The number of fused-ring (bicyclic) bond motifs is 2. The fourth-order valence-corrected chi connectivity index (χ4v) is 4.62. The normalized spacial score (nSPS) is 17.0. The third kappa shape index (κ3) is 3.52. The van der Waals surface area contributed by atoms with Gasteiger partial charge in [0.05, 0.1) is 17.0 Å². The summed E-state index contributed by atoms with van der Waals surface area (Å²) in [5, 5.41) is 1.27. The predicted molar refractivity (Wildman–Crippen MR) is 120 cm³/mol. The lowest BCUT2D eigenvalue weighted by molar-refractivity contribution is 0.242. The van der Waals surface area contributed by atoms with Gasteiger partial charge in [-0.3, -0.25) is 14.7 Å². The number of nitrogens with one attached hydrogen (secondary N) is 1. The number of hydrogen-bond acceptors (Lipinski definition) is 4. The summed E-state index contributed by atoms with van der Waals surface area (Å²) in [4.78, 5) is 27.5. The third-order valence-corrected chi connectivity index (χ3v) is 6.14. The highest BCUT2D eigenvalue weighted by Gasteiger charge is 2.23. The Kier molecular flexibility index (Phi) is 5.09. The lowest BCUT2D eigenvalue weighted by Crippen LogP contribution is -2.36. The van der Waals surface area contributed by atoms with Gasteiger partial charge in [0.15, 0.2) is 5.82 Å². The summed E-state index contributed by atoms with van der Waals surface area (Å²) < 4.78 is 2.24. The molecular weight excluding hydrogens is 374 g/mol. The average Bonchev–Trinajstić information content (AvgIpc) is 3.12. The van der Waals surface area contributed by atoms with Gasteiger partial charge in [0, 0.05) is 56.2 Å². The van der Waals surface area contributed by atoms with E-state index in [4.69, 9.17) is 4.98 Å². The molecule has 0 unspecified atom stereocenters. The van der Waals surface area contributed by atoms with Crippen molar-refractivity contribution in [2.24, 2.45) is 4.99 Å². The molecule has 0 saturated carbocycles. The van der Waals surface area contributed by atoms with Gasteiger partial charge >= 0.3 is 0 Å². The van der Waals surface area contributed by atoms with Gasteiger partial charge in [-0.15, -0.1) is 6.58 Å². The molecule has 30 heavy (non-hydrogen) atoms. The Balaban J connectivity index is 1.40. The monoisotopic (exact) mass is 401 g/mol. The van der Waals surface area contributed by atoms with Gasteiger partial charge in [0.2, 0.25) is 0 Å². The number of hydrogen-bond donors (Lipinski definition) is 1. The summed E-state index contributed by atoms with van der Waals surface area (Å²) in [5.74, 6) is 0.680. The number of rotatable bonds is 5. The van der Waals surface area contributed by atoms with E-state index in [-0.39, 0.29) is 5.56 Å². The summed E-state index contributed by atoms with van der Waals surface area (Å²) in [6.45, 7) is 7.85. The maximum atomic E-state index is 12.8. The SMILES string of the molecule is C=CCn1cc(CN2CCc3nc(C4=NCCCC4)[nH]c(=O)c3C2)c2ccccc21. The third-order valence-electron chi connectivity index (χ3n) is 6.14. The van der Waals surface area contributed by atoms with Crippen molar-refractivity contribution >= 4 is 16.6 Å². The van der Waals surface area contributed by atoms with Crippen LogP contribution >= 0.6 is 0 Å². The summed E-state index contributed by atoms with van der Waals surface area (Å²) in [6.07, 6.45) is 8.08. The van der Waals surface area contributed by atoms with Crippen LogP contribution in [-0.2, 0) is 26.1 Å². The first-order valence-electron chi connectivity index (χ1n) is 10.8. The van der Waals surface area contributed by atoms with Crippen molar-refractivity contribution in [3.05, 3.63) is 76.1 Å². The molecule has 0 radical (unpaired) electrons. The van der Waals surface area contributed by atoms with Gasteiger partial charge in [-0.2, -0.15) is 0 Å². The maximum absolute atomic E-state index is 12.8. The standard InChI is InChI=1S/C24H27N5O/c1-2-12-29-15-17(18-7-3-4-9-22(18)29)14-28-13-10-20-19(16-28)24(30)27-23(26-20)21-8-5-6-11-25-21/h2-4,7,9,15H,1,5-6,8,10-14,16H2,(H,26,27,30). The fraction of sp³-hybridized carbons (Fsp3) is 0.375. The summed E-state index contributed by atoms with van der Waals surface area (Å²) >= 11 is 0. The first kappa shape index (κ1) is 19.0. The van der Waals surface area contributed by atoms with Crippen LogP contribution in [0.2, 0.25) is 0 Å². The predicted octanol–water partition coefficient (Wildman–Crippen LogP) is 3.44. The molecule has 154 valence electrons. The minimum Gasteiger partial charge on any atom is -0.343 e. The Morgan fingerprint density at radius 2 is 2.10 bits per heavy atom. The van der Waals surface area contributed by atoms with Crippen LogP contribution in [0, 0.1) is 0 Å². The van der Waals surface area contributed by atoms with Crippen molar-refractivity contribution in [3.8, 4) is 0 Å². The number of para-hydroxylation sites is 1. The Hall–Kier alpha value is -2.99. The Morgan fingerprint density at radius 1 is 1.20 bits per heavy atom. The number of aliphatic imine (C=N–C) groups is 1. The summed E-state index contributed by atoms with van der Waals surface area (Å²) in [7, 11) is 0. The van der Waals surface area contributed by atoms with Crippen LogP contribution in [0.25, 0.3) is 10.9 Å². The van der Waals surface area contributed by atoms with E-state index in [2.05, 4.69) is 56.5 Å². The van der Waals surface area contributed by atoms with Gasteiger partial charge in [-0.05, 0) is 30.9 Å². The van der Waals surface area contributed by atoms with Crippen molar-refractivity contribution in [3.63, 3.8) is 0 Å². The van der Waals surface area contributed by atoms with Gasteiger partial charge in [-0.1, -0.05) is 24.3 Å². The quantitative estimate of drug-likeness (QED) is 0.666. The second-order valence-electron chi connectivity index (χ2n) is 8.20. The highest BCUT2D eigenvalue weighted by molar-refractivity contribution is 5.97. The molecule has 6 heteroatoms. The Labute approximate surface area is 176 Å². The Bertz CT molecular complexity index is 1190. The van der Waals surface area contributed by atoms with E-state index < -0.39 is 0 Å². The lowest BCUT2D eigenvalue weighted by atomic mass is 10.0. The second kappa shape index (κ2) is 8.03. The van der Waals surface area contributed by atoms with E-state index in [1.165, 1.54) is 16.5 Å². The topological polar surface area (TPSA) is 66.3 Å². The number of allylic oxidation sites excluding steroid dienone is 1. The van der Waals surface area contributed by atoms with Crippen LogP contribution in [0.4, 0.5) is 0 Å². The number of aromatic nitrogens is 3. The molecule has 6 nitrogen and oxygen atoms in total. The van der Waals surface area contributed by atoms with Gasteiger partial charge in [0.1, 0.15) is 0 Å². The Morgan fingerprint density at radius 3 is 2.93 bits per heavy atom. The van der Waals surface area contributed by atoms with E-state index in [1.807, 2.05) is 6.08 Å². The molecule has 0 aliphatic carbocycles. The molecule has 0 amide bonds. The van der Waals surface area contributed by atoms with Crippen LogP contribution in [0.1, 0.15) is 41.9 Å². The average molecular weight is 402 g/mol. The molecule has 1 N–H and O–H groups in total. The molecule has 4 heterocycles. The zero-order valence-corrected chi connectivity index (χ0v) is 17.2. The maximum Gasteiger partial charge on any atom is 0.255 e. The first-order valence-corrected chi connectivity index (χ1v) is 10.8. The number of benzene rings is 1. The molecule has 1 aromatic carbocycles. The van der Waals surface area contributed by atoms with Crippen molar-refractivity contribution in [1.29, 1.82) is 0 Å². The van der Waals surface area contributed by atoms with E-state index in [0.717, 1.165) is 68.8 Å². The van der Waals surface area contributed by atoms with Gasteiger partial charge in [0.25, 0.3) is 5.56 Å². The van der Waals surface area contributed by atoms with E-state index in [9.17, 15) is 4.79 Å². The van der Waals surface area contributed by atoms with Gasteiger partial charge < -0.3 is 9.55 Å². The molecule has 0 fully saturated rings. The smallest absolute Gasteiger partial charge is 0.255 e. The van der Waals surface area contributed by atoms with E-state index in [0.29, 0.717) is 12.4 Å². The number of H-pyrrole nitrogens is 1. The van der Waals surface area contributed by atoms with Crippen LogP contribution in [0.15, 0.2) is 52.9 Å². The molecule has 0 bridgehead atoms. The first-order chi connectivity index (χ1) is 14.7. The molecule has 0 saturated heterocycles. The van der Waals surface area contributed by atoms with Gasteiger partial charge in [-0.25, -0.2) is 4.98 Å². The molecule has 3 aromatic rings. The van der Waals surface area contributed by atoms with Crippen LogP contribution in [-0.4, -0.2) is 38.2 Å². The van der Waals surface area contributed by atoms with E-state index >= 15 is 0 Å². The highest BCUT2D eigenvalue weighted by atomic mass is 16.1. The molecule has 5 rings (SSSR count). The van der Waals surface area contributed by atoms with Crippen molar-refractivity contribution in [1.82, 2.24) is 19.4 Å². The molecule has 2 aromatic heterocycles. The number of nitrogens with zero attached hydrogens (tertiary/aromatic N) is 4. The minimum absolute atomic E-state index is 0.0120. The number of aromatic amines is 1. The van der Waals surface area contributed by atoms with Crippen LogP contribution in [0.3, 0.4) is 0 Å². The van der Waals surface area contributed by atoms with Crippen molar-refractivity contribution < 1.29 is 0 Å². The lowest BCUT2D eigenvalue weighted by Gasteiger charge is -2.27. The van der Waals surface area contributed by atoms with E-state index in [1.54, 1.807) is 0 Å². The zero-order valence-electron chi connectivity index (χ0n) is 17.2. The highest BCUT2D eigenvalue weighted by Crippen LogP contribution is 2.25. The molecule has 0 spiro atoms. The molecule has 0 atom stereocenters. The van der Waals surface area contributed by atoms with Crippen LogP contribution < -0.4 is 5.56 Å². The summed E-state index contributed by atoms with van der Waals surface area (Å²) in [5.41, 5.74) is 5.19. The zero-order chi connectivity index (χ0) is 20.5. The van der Waals surface area contributed by atoms with Crippen molar-refractivity contribution in [2.45, 2.75) is 45.3 Å². The summed E-state index contributed by atoms with van der Waals surface area (Å²) in [6, 6.07) is 8.48. The largest absolute Gasteiger partial charge is 0.343 e. The van der Waals surface area contributed by atoms with Crippen molar-refractivity contribution in [2.75, 3.05) is 13.1 Å². The van der Waals surface area contributed by atoms with Crippen LogP contribution in [0.5, 0.6) is 0 Å². The minimum atomic E-state index is -0.0120. The fourth-order valence-electron chi connectivity index (χ4n) is 4.62. The molecular formula is C24H27N5O. The second-order valence-corrected chi connectivity index (χ2v) is 8.20. The molecule has 2 aliphatic heterocycles.